The normalized spacial score (nSPS) is 28.0. The predicted molar refractivity (Wildman–Crippen MR) is 93.3 cm³/mol. The van der Waals surface area contributed by atoms with Gasteiger partial charge in [0.05, 0.1) is 0 Å². The highest BCUT2D eigenvalue weighted by molar-refractivity contribution is 6.30. The Morgan fingerprint density at radius 3 is 2.36 bits per heavy atom. The zero-order valence-electron chi connectivity index (χ0n) is 13.0. The fraction of sp³-hybridized carbons (Fsp3) is 0.368. The van der Waals surface area contributed by atoms with E-state index in [1.54, 1.807) is 0 Å². The van der Waals surface area contributed by atoms with Crippen molar-refractivity contribution in [2.75, 3.05) is 19.6 Å². The molecule has 0 amide bonds. The van der Waals surface area contributed by atoms with Gasteiger partial charge in [0, 0.05) is 35.5 Å². The maximum atomic E-state index is 6.29. The van der Waals surface area contributed by atoms with Crippen molar-refractivity contribution in [3.05, 3.63) is 70.7 Å². The number of halogens is 1. The molecule has 1 saturated heterocycles. The van der Waals surface area contributed by atoms with Gasteiger partial charge in [-0.15, -0.1) is 0 Å². The Balaban J connectivity index is 1.99. The van der Waals surface area contributed by atoms with E-state index in [0.29, 0.717) is 6.54 Å². The summed E-state index contributed by atoms with van der Waals surface area (Å²) in [6.45, 7) is 4.87. The van der Waals surface area contributed by atoms with Crippen LogP contribution < -0.4 is 11.1 Å². The first-order chi connectivity index (χ1) is 10.6. The first-order valence-electron chi connectivity index (χ1n) is 7.80. The number of hydrogen-bond acceptors (Lipinski definition) is 2. The number of nitrogens with one attached hydrogen (secondary N) is 1. The highest BCUT2D eigenvalue weighted by atomic mass is 35.5. The molecule has 0 aliphatic carbocycles. The fourth-order valence-corrected chi connectivity index (χ4v) is 3.90. The lowest BCUT2D eigenvalue weighted by Crippen LogP contribution is -2.49. The van der Waals surface area contributed by atoms with E-state index in [1.807, 2.05) is 12.1 Å². The van der Waals surface area contributed by atoms with Gasteiger partial charge in [-0.3, -0.25) is 0 Å². The van der Waals surface area contributed by atoms with Crippen LogP contribution in [0, 0.1) is 5.41 Å². The SMILES string of the molecule is C[C@]1(c2ccc(Cl)cc2)CNC[C@@]1(CN)Cc1ccccc1. The zero-order valence-corrected chi connectivity index (χ0v) is 13.7. The lowest BCUT2D eigenvalue weighted by Gasteiger charge is -2.43. The van der Waals surface area contributed by atoms with Gasteiger partial charge in [-0.05, 0) is 29.7 Å². The summed E-state index contributed by atoms with van der Waals surface area (Å²) >= 11 is 6.06. The average molecular weight is 315 g/mol. The molecule has 0 spiro atoms. The van der Waals surface area contributed by atoms with Crippen molar-refractivity contribution < 1.29 is 0 Å². The van der Waals surface area contributed by atoms with Crippen LogP contribution in [0.15, 0.2) is 54.6 Å². The van der Waals surface area contributed by atoms with Crippen molar-refractivity contribution in [3.8, 4) is 0 Å². The van der Waals surface area contributed by atoms with Crippen LogP contribution in [0.2, 0.25) is 5.02 Å². The molecule has 0 bridgehead atoms. The average Bonchev–Trinajstić information content (AvgIpc) is 2.87. The third kappa shape index (κ3) is 2.56. The van der Waals surface area contributed by atoms with E-state index in [-0.39, 0.29) is 10.8 Å². The first-order valence-corrected chi connectivity index (χ1v) is 8.18. The fourth-order valence-electron chi connectivity index (χ4n) is 3.77. The second-order valence-electron chi connectivity index (χ2n) is 6.59. The lowest BCUT2D eigenvalue weighted by molar-refractivity contribution is 0.203. The van der Waals surface area contributed by atoms with Gasteiger partial charge in [0.2, 0.25) is 0 Å². The summed E-state index contributed by atoms with van der Waals surface area (Å²) in [5.74, 6) is 0. The van der Waals surface area contributed by atoms with Crippen molar-refractivity contribution >= 4 is 11.6 Å². The first kappa shape index (κ1) is 15.5. The number of rotatable bonds is 4. The molecule has 3 heteroatoms. The summed E-state index contributed by atoms with van der Waals surface area (Å²) < 4.78 is 0. The van der Waals surface area contributed by atoms with Gasteiger partial charge in [-0.2, -0.15) is 0 Å². The summed E-state index contributed by atoms with van der Waals surface area (Å²) in [5.41, 5.74) is 8.96. The third-order valence-electron chi connectivity index (χ3n) is 5.37. The van der Waals surface area contributed by atoms with Gasteiger partial charge < -0.3 is 11.1 Å². The quantitative estimate of drug-likeness (QED) is 0.908. The van der Waals surface area contributed by atoms with E-state index >= 15 is 0 Å². The molecule has 1 aliphatic heterocycles. The molecule has 1 heterocycles. The van der Waals surface area contributed by atoms with Gasteiger partial charge in [-0.1, -0.05) is 61.0 Å². The van der Waals surface area contributed by atoms with E-state index in [2.05, 4.69) is 54.7 Å². The molecule has 2 aromatic rings. The van der Waals surface area contributed by atoms with Crippen molar-refractivity contribution in [3.63, 3.8) is 0 Å². The van der Waals surface area contributed by atoms with Crippen LogP contribution in [-0.4, -0.2) is 19.6 Å². The topological polar surface area (TPSA) is 38.0 Å². The van der Waals surface area contributed by atoms with Gasteiger partial charge in [0.25, 0.3) is 0 Å². The van der Waals surface area contributed by atoms with Crippen molar-refractivity contribution in [2.45, 2.75) is 18.8 Å². The van der Waals surface area contributed by atoms with Crippen molar-refractivity contribution in [1.29, 1.82) is 0 Å². The predicted octanol–water partition coefficient (Wildman–Crippen LogP) is 3.39. The van der Waals surface area contributed by atoms with Crippen molar-refractivity contribution in [1.82, 2.24) is 5.32 Å². The monoisotopic (exact) mass is 314 g/mol. The molecule has 2 aromatic carbocycles. The standard InChI is InChI=1S/C19H23ClN2/c1-18(16-7-9-17(20)10-8-16)13-22-14-19(18,12-21)11-15-5-3-2-4-6-15/h2-10,22H,11-14,21H2,1H3/t18-,19+/m1/s1. The third-order valence-corrected chi connectivity index (χ3v) is 5.62. The molecule has 0 saturated carbocycles. The Hall–Kier alpha value is -1.35. The molecule has 22 heavy (non-hydrogen) atoms. The molecule has 3 rings (SSSR count). The smallest absolute Gasteiger partial charge is 0.0406 e. The van der Waals surface area contributed by atoms with Crippen LogP contribution in [0.25, 0.3) is 0 Å². The highest BCUT2D eigenvalue weighted by Gasteiger charge is 2.51. The molecule has 2 nitrogen and oxygen atoms in total. The summed E-state index contributed by atoms with van der Waals surface area (Å²) in [7, 11) is 0. The maximum Gasteiger partial charge on any atom is 0.0406 e. The lowest BCUT2D eigenvalue weighted by atomic mass is 9.60. The van der Waals surface area contributed by atoms with Crippen molar-refractivity contribution in [2.24, 2.45) is 11.1 Å². The Morgan fingerprint density at radius 1 is 1.05 bits per heavy atom. The summed E-state index contributed by atoms with van der Waals surface area (Å²) in [6, 6.07) is 18.9. The second kappa shape index (κ2) is 6.04. The van der Waals surface area contributed by atoms with E-state index in [9.17, 15) is 0 Å². The van der Waals surface area contributed by atoms with Gasteiger partial charge in [-0.25, -0.2) is 0 Å². The molecule has 3 N–H and O–H groups in total. The number of hydrogen-bond donors (Lipinski definition) is 2. The molecule has 0 radical (unpaired) electrons. The van der Waals surface area contributed by atoms with Crippen LogP contribution in [0.3, 0.4) is 0 Å². The maximum absolute atomic E-state index is 6.29. The highest BCUT2D eigenvalue weighted by Crippen LogP contribution is 2.46. The van der Waals surface area contributed by atoms with E-state index in [4.69, 9.17) is 17.3 Å². The molecule has 2 atom stereocenters. The minimum absolute atomic E-state index is 0.00216. The van der Waals surface area contributed by atoms with E-state index in [1.165, 1.54) is 11.1 Å². The minimum atomic E-state index is 0.00216. The largest absolute Gasteiger partial charge is 0.330 e. The Labute approximate surface area is 137 Å². The molecule has 1 fully saturated rings. The molecule has 116 valence electrons. The summed E-state index contributed by atoms with van der Waals surface area (Å²) in [4.78, 5) is 0. The number of benzene rings is 2. The van der Waals surface area contributed by atoms with Crippen LogP contribution >= 0.6 is 11.6 Å². The van der Waals surface area contributed by atoms with Crippen LogP contribution in [0.1, 0.15) is 18.1 Å². The van der Waals surface area contributed by atoms with E-state index in [0.717, 1.165) is 24.5 Å². The van der Waals surface area contributed by atoms with Gasteiger partial charge >= 0.3 is 0 Å². The van der Waals surface area contributed by atoms with E-state index < -0.39 is 0 Å². The minimum Gasteiger partial charge on any atom is -0.330 e. The zero-order chi connectivity index (χ0) is 15.6. The van der Waals surface area contributed by atoms with Crippen LogP contribution in [0.5, 0.6) is 0 Å². The Kier molecular flexibility index (Phi) is 4.26. The second-order valence-corrected chi connectivity index (χ2v) is 7.03. The Morgan fingerprint density at radius 2 is 1.73 bits per heavy atom. The van der Waals surface area contributed by atoms with Gasteiger partial charge in [0.15, 0.2) is 0 Å². The number of nitrogens with two attached hydrogens (primary N) is 1. The summed E-state index contributed by atoms with van der Waals surface area (Å²) in [6.07, 6.45) is 0.983. The van der Waals surface area contributed by atoms with Gasteiger partial charge in [0.1, 0.15) is 0 Å². The molecular weight excluding hydrogens is 292 g/mol. The van der Waals surface area contributed by atoms with Crippen LogP contribution in [-0.2, 0) is 11.8 Å². The molecule has 0 unspecified atom stereocenters. The molecule has 1 aliphatic rings. The van der Waals surface area contributed by atoms with Crippen LogP contribution in [0.4, 0.5) is 0 Å². The summed E-state index contributed by atoms with van der Waals surface area (Å²) in [5, 5.41) is 4.35. The Bertz CT molecular complexity index is 626. The molecular formula is C19H23ClN2. The molecule has 0 aromatic heterocycles.